The number of esters is 1. The summed E-state index contributed by atoms with van der Waals surface area (Å²) < 4.78 is 6.04. The number of likely N-dealkylation sites (N-methyl/N-ethyl adjacent to an activating group) is 1. The van der Waals surface area contributed by atoms with Gasteiger partial charge in [-0.25, -0.2) is 0 Å². The van der Waals surface area contributed by atoms with Gasteiger partial charge in [0.2, 0.25) is 0 Å². The lowest BCUT2D eigenvalue weighted by Gasteiger charge is -2.16. The van der Waals surface area contributed by atoms with Gasteiger partial charge < -0.3 is 9.64 Å². The number of carbonyl (C=O) groups is 2. The lowest BCUT2D eigenvalue weighted by molar-refractivity contribution is -0.144. The highest BCUT2D eigenvalue weighted by atomic mass is 79.9. The zero-order valence-corrected chi connectivity index (χ0v) is 14.4. The van der Waals surface area contributed by atoms with Crippen LogP contribution >= 0.6 is 15.9 Å². The number of amides is 1. The highest BCUT2D eigenvalue weighted by Crippen LogP contribution is 2.12. The van der Waals surface area contributed by atoms with Crippen LogP contribution in [0.2, 0.25) is 0 Å². The molecule has 1 amide bonds. The van der Waals surface area contributed by atoms with Crippen LogP contribution in [-0.2, 0) is 9.53 Å². The molecule has 0 saturated heterocycles. The molecule has 0 bridgehead atoms. The lowest BCUT2D eigenvalue weighted by Crippen LogP contribution is -2.33. The van der Waals surface area contributed by atoms with E-state index in [2.05, 4.69) is 29.8 Å². The number of nitrogens with zero attached hydrogens (tertiary/aromatic N) is 1. The number of benzene rings is 1. The third-order valence-electron chi connectivity index (χ3n) is 2.99. The zero-order valence-electron chi connectivity index (χ0n) is 12.8. The fourth-order valence-electron chi connectivity index (χ4n) is 1.80. The van der Waals surface area contributed by atoms with E-state index in [0.717, 1.165) is 17.3 Å². The molecule has 0 fully saturated rings. The Kier molecular flexibility index (Phi) is 7.43. The first-order valence-electron chi connectivity index (χ1n) is 7.06. The Labute approximate surface area is 134 Å². The number of halogens is 1. The van der Waals surface area contributed by atoms with Crippen LogP contribution in [0.1, 0.15) is 37.0 Å². The number of hydrogen-bond donors (Lipinski definition) is 0. The molecule has 1 aromatic carbocycles. The molecule has 4 nitrogen and oxygen atoms in total. The summed E-state index contributed by atoms with van der Waals surface area (Å²) in [5.74, 6) is 0.0405. The summed E-state index contributed by atoms with van der Waals surface area (Å²) in [6, 6.07) is 7.03. The van der Waals surface area contributed by atoms with Crippen molar-refractivity contribution in [2.45, 2.75) is 26.7 Å². The van der Waals surface area contributed by atoms with Gasteiger partial charge in [0.05, 0.1) is 6.61 Å². The molecular formula is C16H22BrNO3. The topological polar surface area (TPSA) is 46.6 Å². The fraction of sp³-hybridized carbons (Fsp3) is 0.500. The normalized spacial score (nSPS) is 10.5. The maximum absolute atomic E-state index is 12.1. The summed E-state index contributed by atoms with van der Waals surface area (Å²) in [5.41, 5.74) is 0.549. The lowest BCUT2D eigenvalue weighted by atomic mass is 10.1. The van der Waals surface area contributed by atoms with Crippen LogP contribution in [0.3, 0.4) is 0 Å². The zero-order chi connectivity index (χ0) is 15.8. The third kappa shape index (κ3) is 6.76. The van der Waals surface area contributed by atoms with E-state index in [-0.39, 0.29) is 18.4 Å². The van der Waals surface area contributed by atoms with Gasteiger partial charge in [0.15, 0.2) is 0 Å². The average molecular weight is 356 g/mol. The molecule has 0 saturated carbocycles. The molecule has 0 N–H and O–H groups in total. The van der Waals surface area contributed by atoms with Gasteiger partial charge in [0, 0.05) is 17.1 Å². The van der Waals surface area contributed by atoms with Crippen LogP contribution in [0.15, 0.2) is 28.7 Å². The summed E-state index contributed by atoms with van der Waals surface area (Å²) in [4.78, 5) is 25.1. The van der Waals surface area contributed by atoms with E-state index in [1.165, 1.54) is 4.90 Å². The molecule has 0 spiro atoms. The predicted molar refractivity (Wildman–Crippen MR) is 86.1 cm³/mol. The first kappa shape index (κ1) is 17.7. The highest BCUT2D eigenvalue weighted by molar-refractivity contribution is 9.10. The molecular weight excluding hydrogens is 334 g/mol. The van der Waals surface area contributed by atoms with Crippen LogP contribution in [0.5, 0.6) is 0 Å². The Morgan fingerprint density at radius 2 is 1.86 bits per heavy atom. The quantitative estimate of drug-likeness (QED) is 0.555. The standard InChI is InChI=1S/C16H22BrNO3/c1-12(2)5-4-10-21-15(19)11-18(3)16(20)13-6-8-14(17)9-7-13/h6-9,12H,4-5,10-11H2,1-3H3. The third-order valence-corrected chi connectivity index (χ3v) is 3.52. The van der Waals surface area contributed by atoms with E-state index in [1.807, 2.05) is 0 Å². The van der Waals surface area contributed by atoms with Crippen LogP contribution in [-0.4, -0.2) is 37.0 Å². The van der Waals surface area contributed by atoms with Crippen molar-refractivity contribution < 1.29 is 14.3 Å². The molecule has 0 unspecified atom stereocenters. The maximum atomic E-state index is 12.1. The van der Waals surface area contributed by atoms with E-state index >= 15 is 0 Å². The molecule has 0 aliphatic carbocycles. The second-order valence-electron chi connectivity index (χ2n) is 5.42. The van der Waals surface area contributed by atoms with Gasteiger partial charge in [-0.3, -0.25) is 9.59 Å². The van der Waals surface area contributed by atoms with Gasteiger partial charge in [-0.2, -0.15) is 0 Å². The summed E-state index contributed by atoms with van der Waals surface area (Å²) in [6.07, 6.45) is 1.88. The highest BCUT2D eigenvalue weighted by Gasteiger charge is 2.15. The number of rotatable bonds is 7. The Morgan fingerprint density at radius 1 is 1.24 bits per heavy atom. The van der Waals surface area contributed by atoms with Crippen molar-refractivity contribution in [2.75, 3.05) is 20.2 Å². The van der Waals surface area contributed by atoms with E-state index in [4.69, 9.17) is 4.74 Å². The Bertz CT molecular complexity index is 471. The minimum Gasteiger partial charge on any atom is -0.464 e. The van der Waals surface area contributed by atoms with E-state index < -0.39 is 0 Å². The number of ether oxygens (including phenoxy) is 1. The number of hydrogen-bond acceptors (Lipinski definition) is 3. The average Bonchev–Trinajstić information content (AvgIpc) is 2.43. The molecule has 1 rings (SSSR count). The van der Waals surface area contributed by atoms with Crippen LogP contribution in [0.25, 0.3) is 0 Å². The first-order chi connectivity index (χ1) is 9.90. The predicted octanol–water partition coefficient (Wildman–Crippen LogP) is 3.50. The molecule has 5 heteroatoms. The Morgan fingerprint density at radius 3 is 2.43 bits per heavy atom. The van der Waals surface area contributed by atoms with Crippen molar-refractivity contribution >= 4 is 27.8 Å². The van der Waals surface area contributed by atoms with E-state index in [9.17, 15) is 9.59 Å². The second-order valence-corrected chi connectivity index (χ2v) is 6.34. The van der Waals surface area contributed by atoms with Gasteiger partial charge in [0.25, 0.3) is 5.91 Å². The maximum Gasteiger partial charge on any atom is 0.325 e. The van der Waals surface area contributed by atoms with Crippen LogP contribution in [0, 0.1) is 5.92 Å². The molecule has 0 radical (unpaired) electrons. The van der Waals surface area contributed by atoms with Crippen molar-refractivity contribution in [3.05, 3.63) is 34.3 Å². The van der Waals surface area contributed by atoms with Crippen molar-refractivity contribution in [2.24, 2.45) is 5.92 Å². The second kappa shape index (κ2) is 8.82. The molecule has 0 atom stereocenters. The van der Waals surface area contributed by atoms with Gasteiger partial charge in [0.1, 0.15) is 6.54 Å². The molecule has 116 valence electrons. The minimum atomic E-state index is -0.369. The van der Waals surface area contributed by atoms with E-state index in [0.29, 0.717) is 18.1 Å². The Hall–Kier alpha value is -1.36. The fourth-order valence-corrected chi connectivity index (χ4v) is 2.07. The van der Waals surface area contributed by atoms with E-state index in [1.54, 1.807) is 31.3 Å². The van der Waals surface area contributed by atoms with Crippen molar-refractivity contribution in [1.29, 1.82) is 0 Å². The van der Waals surface area contributed by atoms with Crippen LogP contribution < -0.4 is 0 Å². The summed E-state index contributed by atoms with van der Waals surface area (Å²) in [6.45, 7) is 4.65. The van der Waals surface area contributed by atoms with Gasteiger partial charge in [-0.15, -0.1) is 0 Å². The van der Waals surface area contributed by atoms with Crippen molar-refractivity contribution in [3.63, 3.8) is 0 Å². The van der Waals surface area contributed by atoms with Gasteiger partial charge in [-0.05, 0) is 43.0 Å². The molecule has 0 aromatic heterocycles. The minimum absolute atomic E-state index is 0.0312. The monoisotopic (exact) mass is 355 g/mol. The Balaban J connectivity index is 2.38. The van der Waals surface area contributed by atoms with Crippen molar-refractivity contribution in [3.8, 4) is 0 Å². The summed E-state index contributed by atoms with van der Waals surface area (Å²) >= 11 is 3.32. The molecule has 0 aliphatic rings. The first-order valence-corrected chi connectivity index (χ1v) is 7.86. The van der Waals surface area contributed by atoms with Gasteiger partial charge >= 0.3 is 5.97 Å². The molecule has 0 aliphatic heterocycles. The summed E-state index contributed by atoms with van der Waals surface area (Å²) in [7, 11) is 1.60. The smallest absolute Gasteiger partial charge is 0.325 e. The van der Waals surface area contributed by atoms with Crippen molar-refractivity contribution in [1.82, 2.24) is 4.90 Å². The van der Waals surface area contributed by atoms with Crippen LogP contribution in [0.4, 0.5) is 0 Å². The van der Waals surface area contributed by atoms with Gasteiger partial charge in [-0.1, -0.05) is 29.8 Å². The number of carbonyl (C=O) groups excluding carboxylic acids is 2. The SMILES string of the molecule is CC(C)CCCOC(=O)CN(C)C(=O)c1ccc(Br)cc1. The molecule has 0 heterocycles. The molecule has 1 aromatic rings. The summed E-state index contributed by atoms with van der Waals surface area (Å²) in [5, 5.41) is 0. The largest absolute Gasteiger partial charge is 0.464 e. The molecule has 21 heavy (non-hydrogen) atoms.